The van der Waals surface area contributed by atoms with Crippen LogP contribution in [0.4, 0.5) is 24.5 Å². The van der Waals surface area contributed by atoms with E-state index in [1.807, 2.05) is 12.1 Å². The van der Waals surface area contributed by atoms with Crippen LogP contribution < -0.4 is 4.90 Å². The van der Waals surface area contributed by atoms with Crippen molar-refractivity contribution in [1.82, 2.24) is 25.2 Å². The topological polar surface area (TPSA) is 76.8 Å². The van der Waals surface area contributed by atoms with E-state index in [9.17, 15) is 18.0 Å². The van der Waals surface area contributed by atoms with E-state index in [2.05, 4.69) is 20.4 Å². The van der Waals surface area contributed by atoms with Crippen LogP contribution in [0.15, 0.2) is 76.8 Å². The molecule has 0 unspecified atom stereocenters. The van der Waals surface area contributed by atoms with Crippen molar-refractivity contribution in [2.45, 2.75) is 22.5 Å². The lowest BCUT2D eigenvalue weighted by Crippen LogP contribution is -2.32. The summed E-state index contributed by atoms with van der Waals surface area (Å²) in [7, 11) is 0. The van der Waals surface area contributed by atoms with Gasteiger partial charge in [0.2, 0.25) is 5.82 Å². The van der Waals surface area contributed by atoms with Gasteiger partial charge >= 0.3 is 6.18 Å². The predicted molar refractivity (Wildman–Crippen MR) is 110 cm³/mol. The van der Waals surface area contributed by atoms with Crippen LogP contribution in [-0.2, 0) is 17.5 Å². The number of tetrazole rings is 1. The van der Waals surface area contributed by atoms with Crippen molar-refractivity contribution >= 4 is 29.0 Å². The van der Waals surface area contributed by atoms with E-state index in [0.717, 1.165) is 21.8 Å². The molecule has 1 aliphatic heterocycles. The molecule has 1 amide bonds. The zero-order valence-corrected chi connectivity index (χ0v) is 17.0. The number of amides is 1. The van der Waals surface area contributed by atoms with Gasteiger partial charge in [0, 0.05) is 27.7 Å². The van der Waals surface area contributed by atoms with Crippen LogP contribution in [0.25, 0.3) is 11.4 Å². The number of halogens is 3. The van der Waals surface area contributed by atoms with Crippen molar-refractivity contribution in [2.24, 2.45) is 0 Å². The van der Waals surface area contributed by atoms with Gasteiger partial charge in [-0.2, -0.15) is 18.0 Å². The fraction of sp³-hybridized carbons (Fsp3) is 0.0952. The van der Waals surface area contributed by atoms with E-state index < -0.39 is 17.6 Å². The van der Waals surface area contributed by atoms with Gasteiger partial charge in [-0.25, -0.2) is 0 Å². The minimum Gasteiger partial charge on any atom is -0.277 e. The van der Waals surface area contributed by atoms with Gasteiger partial charge in [-0.15, -0.1) is 10.2 Å². The second kappa shape index (κ2) is 7.75. The molecule has 4 aromatic rings. The molecule has 5 rings (SSSR count). The van der Waals surface area contributed by atoms with Crippen molar-refractivity contribution in [3.8, 4) is 11.4 Å². The largest absolute Gasteiger partial charge is 0.416 e. The quantitative estimate of drug-likeness (QED) is 0.451. The summed E-state index contributed by atoms with van der Waals surface area (Å²) in [6.07, 6.45) is -1.37. The number of fused-ring (bicyclic) bond motifs is 2. The summed E-state index contributed by atoms with van der Waals surface area (Å²) in [4.78, 5) is 20.9. The Labute approximate surface area is 183 Å². The number of carbonyl (C=O) groups excluding carboxylic acids is 1. The fourth-order valence-corrected chi connectivity index (χ4v) is 4.36. The number of hydrogen-bond donors (Lipinski definition) is 0. The highest BCUT2D eigenvalue weighted by atomic mass is 32.2. The highest BCUT2D eigenvalue weighted by Gasteiger charge is 2.35. The third kappa shape index (κ3) is 3.71. The van der Waals surface area contributed by atoms with Gasteiger partial charge in [-0.1, -0.05) is 23.9 Å². The molecule has 160 valence electrons. The Morgan fingerprint density at radius 3 is 2.50 bits per heavy atom. The molecule has 0 bridgehead atoms. The highest BCUT2D eigenvalue weighted by Crippen LogP contribution is 2.49. The summed E-state index contributed by atoms with van der Waals surface area (Å²) in [6.45, 7) is -0.299. The minimum atomic E-state index is -4.53. The van der Waals surface area contributed by atoms with Crippen LogP contribution >= 0.6 is 11.8 Å². The first-order valence-electron chi connectivity index (χ1n) is 9.39. The second-order valence-corrected chi connectivity index (χ2v) is 7.94. The first-order valence-corrected chi connectivity index (χ1v) is 10.2. The molecule has 2 aromatic heterocycles. The number of alkyl halides is 3. The average molecular weight is 454 g/mol. The van der Waals surface area contributed by atoms with Gasteiger partial charge in [0.05, 0.1) is 16.9 Å². The van der Waals surface area contributed by atoms with E-state index >= 15 is 0 Å². The lowest BCUT2D eigenvalue weighted by Gasteiger charge is -2.31. The number of benzene rings is 2. The number of nitrogens with zero attached hydrogens (tertiary/aromatic N) is 6. The van der Waals surface area contributed by atoms with Crippen molar-refractivity contribution < 1.29 is 18.0 Å². The van der Waals surface area contributed by atoms with Gasteiger partial charge in [-0.05, 0) is 47.7 Å². The molecule has 2 aromatic carbocycles. The standard InChI is InChI=1S/C21H13F3N6OS/c22-21(23,24)14-5-6-18-16(11-14)30(15-3-1-2-4-17(15)32-18)19(31)12-29-27-20(26-28-29)13-7-9-25-10-8-13/h1-11H,12H2. The monoisotopic (exact) mass is 454 g/mol. The lowest BCUT2D eigenvalue weighted by molar-refractivity contribution is -0.137. The van der Waals surface area contributed by atoms with Crippen LogP contribution in [0.2, 0.25) is 0 Å². The maximum absolute atomic E-state index is 13.3. The second-order valence-electron chi connectivity index (χ2n) is 6.86. The van der Waals surface area contributed by atoms with E-state index in [4.69, 9.17) is 0 Å². The van der Waals surface area contributed by atoms with Crippen LogP contribution in [0, 0.1) is 0 Å². The molecule has 0 fully saturated rings. The van der Waals surface area contributed by atoms with Crippen molar-refractivity contribution in [2.75, 3.05) is 4.90 Å². The number of pyridine rings is 1. The maximum Gasteiger partial charge on any atom is 0.416 e. The maximum atomic E-state index is 13.3. The van der Waals surface area contributed by atoms with Crippen LogP contribution in [-0.4, -0.2) is 31.1 Å². The summed E-state index contributed by atoms with van der Waals surface area (Å²) in [5.74, 6) is -0.174. The van der Waals surface area contributed by atoms with Gasteiger partial charge in [-0.3, -0.25) is 14.7 Å². The summed E-state index contributed by atoms with van der Waals surface area (Å²) in [6, 6.07) is 13.9. The van der Waals surface area contributed by atoms with Crippen LogP contribution in [0.3, 0.4) is 0 Å². The average Bonchev–Trinajstić information content (AvgIpc) is 3.25. The number of rotatable bonds is 3. The Bertz CT molecular complexity index is 1310. The molecular weight excluding hydrogens is 441 g/mol. The van der Waals surface area contributed by atoms with Crippen LogP contribution in [0.5, 0.6) is 0 Å². The Hall–Kier alpha value is -3.73. The van der Waals surface area contributed by atoms with Gasteiger partial charge in [0.15, 0.2) is 0 Å². The molecule has 11 heteroatoms. The van der Waals surface area contributed by atoms with Crippen molar-refractivity contribution in [3.63, 3.8) is 0 Å². The molecule has 0 saturated heterocycles. The molecule has 1 aliphatic rings. The Balaban J connectivity index is 1.51. The van der Waals surface area contributed by atoms with E-state index in [1.165, 1.54) is 22.7 Å². The number of hydrogen-bond acceptors (Lipinski definition) is 6. The summed E-state index contributed by atoms with van der Waals surface area (Å²) in [5, 5.41) is 12.1. The molecule has 7 nitrogen and oxygen atoms in total. The molecule has 0 atom stereocenters. The summed E-state index contributed by atoms with van der Waals surface area (Å²) < 4.78 is 40.0. The Kier molecular flexibility index (Phi) is 4.89. The summed E-state index contributed by atoms with van der Waals surface area (Å²) >= 11 is 1.31. The Morgan fingerprint density at radius 2 is 1.72 bits per heavy atom. The number of anilines is 2. The van der Waals surface area contributed by atoms with Crippen molar-refractivity contribution in [3.05, 3.63) is 72.6 Å². The molecule has 0 aliphatic carbocycles. The van der Waals surface area contributed by atoms with E-state index in [0.29, 0.717) is 22.0 Å². The number of para-hydroxylation sites is 1. The van der Waals surface area contributed by atoms with Gasteiger partial charge in [0.1, 0.15) is 6.54 Å². The van der Waals surface area contributed by atoms with Gasteiger partial charge < -0.3 is 0 Å². The normalized spacial score (nSPS) is 12.9. The number of carbonyl (C=O) groups is 1. The lowest BCUT2D eigenvalue weighted by atomic mass is 10.1. The third-order valence-electron chi connectivity index (χ3n) is 4.77. The molecule has 0 N–H and O–H groups in total. The first kappa shape index (κ1) is 20.2. The molecule has 0 radical (unpaired) electrons. The number of aromatic nitrogens is 5. The molecule has 0 saturated carbocycles. The SMILES string of the molecule is O=C(Cn1nnc(-c2ccncc2)n1)N1c2ccccc2Sc2ccc(C(F)(F)F)cc21. The molecule has 3 heterocycles. The predicted octanol–water partition coefficient (Wildman–Crippen LogP) is 4.58. The van der Waals surface area contributed by atoms with Crippen LogP contribution in [0.1, 0.15) is 5.56 Å². The smallest absolute Gasteiger partial charge is 0.277 e. The van der Waals surface area contributed by atoms with Crippen molar-refractivity contribution in [1.29, 1.82) is 0 Å². The van der Waals surface area contributed by atoms with E-state index in [-0.39, 0.29) is 12.2 Å². The fourth-order valence-electron chi connectivity index (χ4n) is 3.32. The highest BCUT2D eigenvalue weighted by molar-refractivity contribution is 7.99. The first-order chi connectivity index (χ1) is 15.4. The molecular formula is C21H13F3N6OS. The molecule has 32 heavy (non-hydrogen) atoms. The van der Waals surface area contributed by atoms with E-state index in [1.54, 1.807) is 36.7 Å². The third-order valence-corrected chi connectivity index (χ3v) is 5.90. The zero-order chi connectivity index (χ0) is 22.3. The minimum absolute atomic E-state index is 0.169. The molecule has 0 spiro atoms. The van der Waals surface area contributed by atoms with Gasteiger partial charge in [0.25, 0.3) is 5.91 Å². The Morgan fingerprint density at radius 1 is 0.969 bits per heavy atom. The summed E-state index contributed by atoms with van der Waals surface area (Å²) in [5.41, 5.74) is 0.526. The zero-order valence-electron chi connectivity index (χ0n) is 16.2.